The first kappa shape index (κ1) is 14.8. The van der Waals surface area contributed by atoms with Crippen LogP contribution in [-0.2, 0) is 9.31 Å². The van der Waals surface area contributed by atoms with E-state index in [4.69, 9.17) is 9.31 Å². The fourth-order valence-electron chi connectivity index (χ4n) is 2.44. The molecule has 1 fully saturated rings. The number of benzene rings is 1. The third-order valence-corrected chi connectivity index (χ3v) is 5.64. The summed E-state index contributed by atoms with van der Waals surface area (Å²) >= 11 is 1.79. The highest BCUT2D eigenvalue weighted by Crippen LogP contribution is 2.38. The van der Waals surface area contributed by atoms with E-state index in [9.17, 15) is 0 Å². The van der Waals surface area contributed by atoms with Crippen molar-refractivity contribution in [3.05, 3.63) is 41.3 Å². The van der Waals surface area contributed by atoms with Gasteiger partial charge in [-0.05, 0) is 51.7 Å². The molecule has 0 saturated carbocycles. The molecule has 1 aromatic heterocycles. The first-order chi connectivity index (χ1) is 9.80. The molecule has 21 heavy (non-hydrogen) atoms. The maximum Gasteiger partial charge on any atom is 0.495 e. The van der Waals surface area contributed by atoms with E-state index in [1.807, 2.05) is 6.07 Å². The van der Waals surface area contributed by atoms with Crippen LogP contribution in [0.25, 0.3) is 10.4 Å². The number of hydrogen-bond donors (Lipinski definition) is 0. The van der Waals surface area contributed by atoms with Crippen LogP contribution in [0.15, 0.2) is 36.4 Å². The Labute approximate surface area is 131 Å². The summed E-state index contributed by atoms with van der Waals surface area (Å²) in [6, 6.07) is 12.7. The van der Waals surface area contributed by atoms with E-state index in [1.54, 1.807) is 11.3 Å². The lowest BCUT2D eigenvalue weighted by Crippen LogP contribution is -2.41. The number of aryl methyl sites for hydroxylation is 1. The van der Waals surface area contributed by atoms with Crippen LogP contribution in [0.2, 0.25) is 0 Å². The number of thiophene rings is 1. The first-order valence-electron chi connectivity index (χ1n) is 7.31. The molecule has 2 aromatic rings. The second-order valence-corrected chi connectivity index (χ2v) is 7.83. The Morgan fingerprint density at radius 1 is 0.952 bits per heavy atom. The highest BCUT2D eigenvalue weighted by molar-refractivity contribution is 7.16. The van der Waals surface area contributed by atoms with Gasteiger partial charge in [0.1, 0.15) is 0 Å². The zero-order valence-corrected chi connectivity index (χ0v) is 14.1. The Balaban J connectivity index is 1.93. The van der Waals surface area contributed by atoms with Crippen molar-refractivity contribution in [3.8, 4) is 10.4 Å². The van der Waals surface area contributed by atoms with Crippen molar-refractivity contribution in [2.45, 2.75) is 45.8 Å². The third kappa shape index (κ3) is 2.56. The van der Waals surface area contributed by atoms with Gasteiger partial charge in [0.05, 0.1) is 11.2 Å². The molecule has 0 unspecified atom stereocenters. The van der Waals surface area contributed by atoms with Crippen LogP contribution in [-0.4, -0.2) is 18.3 Å². The van der Waals surface area contributed by atoms with Crippen molar-refractivity contribution in [2.75, 3.05) is 0 Å². The van der Waals surface area contributed by atoms with Crippen molar-refractivity contribution in [1.82, 2.24) is 0 Å². The highest BCUT2D eigenvalue weighted by Gasteiger charge is 2.52. The Morgan fingerprint density at radius 2 is 1.52 bits per heavy atom. The lowest BCUT2D eigenvalue weighted by Gasteiger charge is -2.32. The molecular weight excluding hydrogens is 279 g/mol. The van der Waals surface area contributed by atoms with Crippen LogP contribution in [0, 0.1) is 6.92 Å². The predicted molar refractivity (Wildman–Crippen MR) is 90.2 cm³/mol. The molecule has 0 amide bonds. The standard InChI is InChI=1S/C17H21BO2S/c1-12-14(18-19-16(2,3)17(4,5)20-18)11-15(21-12)13-9-7-6-8-10-13/h6-11H,1-5H3. The van der Waals surface area contributed by atoms with Gasteiger partial charge in [0, 0.05) is 9.75 Å². The Morgan fingerprint density at radius 3 is 2.10 bits per heavy atom. The van der Waals surface area contributed by atoms with Gasteiger partial charge in [-0.1, -0.05) is 30.3 Å². The summed E-state index contributed by atoms with van der Waals surface area (Å²) in [6.07, 6.45) is 0. The summed E-state index contributed by atoms with van der Waals surface area (Å²) in [6.45, 7) is 10.5. The van der Waals surface area contributed by atoms with E-state index in [0.717, 1.165) is 5.46 Å². The fourth-order valence-corrected chi connectivity index (χ4v) is 3.49. The van der Waals surface area contributed by atoms with E-state index in [2.05, 4.69) is 65.0 Å². The third-order valence-electron chi connectivity index (χ3n) is 4.52. The average Bonchev–Trinajstić information content (AvgIpc) is 2.89. The van der Waals surface area contributed by atoms with E-state index < -0.39 is 0 Å². The van der Waals surface area contributed by atoms with E-state index in [-0.39, 0.29) is 18.3 Å². The normalized spacial score (nSPS) is 20.0. The Kier molecular flexibility index (Phi) is 3.51. The Hall–Kier alpha value is -1.10. The molecule has 0 spiro atoms. The molecule has 110 valence electrons. The minimum atomic E-state index is -0.293. The minimum absolute atomic E-state index is 0.274. The van der Waals surface area contributed by atoms with Crippen LogP contribution in [0.1, 0.15) is 32.6 Å². The summed E-state index contributed by atoms with van der Waals surface area (Å²) < 4.78 is 12.3. The van der Waals surface area contributed by atoms with Crippen molar-refractivity contribution in [1.29, 1.82) is 0 Å². The maximum absolute atomic E-state index is 6.16. The number of rotatable bonds is 2. The molecule has 0 aliphatic carbocycles. The van der Waals surface area contributed by atoms with E-state index in [0.29, 0.717) is 0 Å². The summed E-state index contributed by atoms with van der Waals surface area (Å²) in [5, 5.41) is 0. The molecule has 1 aliphatic rings. The van der Waals surface area contributed by atoms with Crippen molar-refractivity contribution < 1.29 is 9.31 Å². The Bertz CT molecular complexity index is 630. The van der Waals surface area contributed by atoms with Crippen molar-refractivity contribution in [3.63, 3.8) is 0 Å². The molecular formula is C17H21BO2S. The van der Waals surface area contributed by atoms with E-state index in [1.165, 1.54) is 15.3 Å². The summed E-state index contributed by atoms with van der Waals surface area (Å²) in [5.74, 6) is 0. The topological polar surface area (TPSA) is 18.5 Å². The van der Waals surface area contributed by atoms with Crippen LogP contribution >= 0.6 is 11.3 Å². The molecule has 4 heteroatoms. The van der Waals surface area contributed by atoms with Gasteiger partial charge in [0.25, 0.3) is 0 Å². The zero-order valence-electron chi connectivity index (χ0n) is 13.3. The highest BCUT2D eigenvalue weighted by atomic mass is 32.1. The van der Waals surface area contributed by atoms with Gasteiger partial charge in [0.15, 0.2) is 0 Å². The minimum Gasteiger partial charge on any atom is -0.399 e. The average molecular weight is 300 g/mol. The van der Waals surface area contributed by atoms with Gasteiger partial charge in [0.2, 0.25) is 0 Å². The van der Waals surface area contributed by atoms with Gasteiger partial charge < -0.3 is 9.31 Å². The number of hydrogen-bond acceptors (Lipinski definition) is 3. The molecule has 1 saturated heterocycles. The fraction of sp³-hybridized carbons (Fsp3) is 0.412. The van der Waals surface area contributed by atoms with Crippen molar-refractivity contribution in [2.24, 2.45) is 0 Å². The van der Waals surface area contributed by atoms with E-state index >= 15 is 0 Å². The summed E-state index contributed by atoms with van der Waals surface area (Å²) in [5.41, 5.74) is 1.81. The lowest BCUT2D eigenvalue weighted by atomic mass is 9.79. The molecule has 2 heterocycles. The molecule has 0 bridgehead atoms. The van der Waals surface area contributed by atoms with Crippen LogP contribution < -0.4 is 5.46 Å². The first-order valence-corrected chi connectivity index (χ1v) is 8.13. The molecule has 0 radical (unpaired) electrons. The van der Waals surface area contributed by atoms with Crippen molar-refractivity contribution >= 4 is 23.9 Å². The summed E-state index contributed by atoms with van der Waals surface area (Å²) in [4.78, 5) is 2.52. The van der Waals surface area contributed by atoms with Gasteiger partial charge in [-0.25, -0.2) is 0 Å². The smallest absolute Gasteiger partial charge is 0.399 e. The molecule has 0 atom stereocenters. The molecule has 1 aliphatic heterocycles. The predicted octanol–water partition coefficient (Wildman–Crippen LogP) is 4.02. The molecule has 2 nitrogen and oxygen atoms in total. The van der Waals surface area contributed by atoms with Gasteiger partial charge in [-0.15, -0.1) is 11.3 Å². The van der Waals surface area contributed by atoms with Gasteiger partial charge >= 0.3 is 7.12 Å². The van der Waals surface area contributed by atoms with Gasteiger partial charge in [-0.2, -0.15) is 0 Å². The molecule has 3 rings (SSSR count). The van der Waals surface area contributed by atoms with Crippen LogP contribution in [0.3, 0.4) is 0 Å². The van der Waals surface area contributed by atoms with Crippen LogP contribution in [0.4, 0.5) is 0 Å². The van der Waals surface area contributed by atoms with Crippen LogP contribution in [0.5, 0.6) is 0 Å². The molecule has 0 N–H and O–H groups in total. The summed E-state index contributed by atoms with van der Waals surface area (Å²) in [7, 11) is -0.274. The SMILES string of the molecule is Cc1sc(-c2ccccc2)cc1B1OC(C)(C)C(C)(C)O1. The second-order valence-electron chi connectivity index (χ2n) is 6.58. The maximum atomic E-state index is 6.16. The van der Waals surface area contributed by atoms with Gasteiger partial charge in [-0.3, -0.25) is 0 Å². The molecule has 1 aromatic carbocycles. The zero-order chi connectivity index (χ0) is 15.3. The lowest BCUT2D eigenvalue weighted by molar-refractivity contribution is 0.00578. The second kappa shape index (κ2) is 4.97. The largest absolute Gasteiger partial charge is 0.495 e. The quantitative estimate of drug-likeness (QED) is 0.780. The monoisotopic (exact) mass is 300 g/mol.